The van der Waals surface area contributed by atoms with Crippen molar-refractivity contribution in [3.05, 3.63) is 101 Å². The summed E-state index contributed by atoms with van der Waals surface area (Å²) >= 11 is 13.4. The Morgan fingerprint density at radius 3 is 2.74 bits per heavy atom. The van der Waals surface area contributed by atoms with Gasteiger partial charge in [-0.3, -0.25) is 9.36 Å². The van der Waals surface area contributed by atoms with Gasteiger partial charge < -0.3 is 18.6 Å². The zero-order valence-corrected chi connectivity index (χ0v) is 23.0. The lowest BCUT2D eigenvalue weighted by Gasteiger charge is -2.24. The van der Waals surface area contributed by atoms with Gasteiger partial charge in [-0.15, -0.1) is 0 Å². The summed E-state index contributed by atoms with van der Waals surface area (Å²) in [5.74, 6) is 1.65. The molecule has 198 valence electrons. The number of aromatic nitrogens is 1. The Morgan fingerprint density at radius 1 is 1.13 bits per heavy atom. The van der Waals surface area contributed by atoms with Gasteiger partial charge in [0.25, 0.3) is 5.56 Å². The Morgan fingerprint density at radius 2 is 1.95 bits per heavy atom. The first-order valence-electron chi connectivity index (χ1n) is 12.0. The Balaban J connectivity index is 1.47. The van der Waals surface area contributed by atoms with E-state index in [2.05, 4.69) is 4.99 Å². The van der Waals surface area contributed by atoms with Gasteiger partial charge in [0.05, 0.1) is 38.5 Å². The van der Waals surface area contributed by atoms with E-state index in [0.29, 0.717) is 53.7 Å². The van der Waals surface area contributed by atoms with Crippen LogP contribution in [-0.2, 0) is 9.53 Å². The zero-order valence-electron chi connectivity index (χ0n) is 20.7. The number of esters is 1. The van der Waals surface area contributed by atoms with Crippen LogP contribution in [0.5, 0.6) is 11.5 Å². The molecule has 8 nitrogen and oxygen atoms in total. The van der Waals surface area contributed by atoms with Crippen molar-refractivity contribution < 1.29 is 23.4 Å². The third kappa shape index (κ3) is 4.56. The van der Waals surface area contributed by atoms with Crippen molar-refractivity contribution in [1.29, 1.82) is 0 Å². The predicted octanol–water partition coefficient (Wildman–Crippen LogP) is 5.09. The van der Waals surface area contributed by atoms with Crippen molar-refractivity contribution in [3.8, 4) is 22.8 Å². The molecule has 0 spiro atoms. The number of allylic oxidation sites excluding steroid dienone is 1. The Bertz CT molecular complexity index is 1850. The van der Waals surface area contributed by atoms with Gasteiger partial charge in [-0.05, 0) is 61.9 Å². The number of ether oxygens (including phenoxy) is 3. The molecule has 4 aromatic rings. The van der Waals surface area contributed by atoms with E-state index >= 15 is 0 Å². The number of carbonyl (C=O) groups excluding carboxylic acids is 1. The summed E-state index contributed by atoms with van der Waals surface area (Å²) in [7, 11) is 0. The average Bonchev–Trinajstić information content (AvgIpc) is 3.64. The number of benzene rings is 2. The highest BCUT2D eigenvalue weighted by atomic mass is 35.5. The number of rotatable bonds is 5. The van der Waals surface area contributed by atoms with Crippen LogP contribution in [0, 0.1) is 0 Å². The minimum absolute atomic E-state index is 0.106. The highest BCUT2D eigenvalue weighted by Crippen LogP contribution is 2.38. The van der Waals surface area contributed by atoms with Gasteiger partial charge in [-0.1, -0.05) is 40.6 Å². The first-order chi connectivity index (χ1) is 18.8. The maximum absolute atomic E-state index is 13.8. The molecule has 0 N–H and O–H groups in total. The van der Waals surface area contributed by atoms with Crippen LogP contribution in [0.3, 0.4) is 0 Å². The van der Waals surface area contributed by atoms with E-state index in [-0.39, 0.29) is 24.5 Å². The fourth-order valence-electron chi connectivity index (χ4n) is 4.55. The SMILES string of the molecule is CCOC(=O)C1=C(C)N=c2s/c(=C\c3ccc(-c4ccc(Cl)c(Cl)c4)o3)c(=O)n2C1c1ccc2c(c1)OCO2. The molecule has 11 heteroatoms. The topological polar surface area (TPSA) is 92.3 Å². The van der Waals surface area contributed by atoms with Gasteiger partial charge in [0.15, 0.2) is 16.3 Å². The van der Waals surface area contributed by atoms with Crippen molar-refractivity contribution in [1.82, 2.24) is 4.57 Å². The minimum atomic E-state index is -0.764. The molecule has 1 atom stereocenters. The van der Waals surface area contributed by atoms with E-state index in [1.807, 2.05) is 6.07 Å². The molecule has 2 aromatic carbocycles. The van der Waals surface area contributed by atoms with Gasteiger partial charge in [0.1, 0.15) is 11.5 Å². The van der Waals surface area contributed by atoms with Gasteiger partial charge >= 0.3 is 5.97 Å². The van der Waals surface area contributed by atoms with Gasteiger partial charge in [0, 0.05) is 11.6 Å². The molecule has 2 aliphatic heterocycles. The largest absolute Gasteiger partial charge is 0.463 e. The number of nitrogens with zero attached hydrogens (tertiary/aromatic N) is 2. The first kappa shape index (κ1) is 25.5. The van der Waals surface area contributed by atoms with Gasteiger partial charge in [-0.2, -0.15) is 0 Å². The normalized spacial score (nSPS) is 16.3. The lowest BCUT2D eigenvalue weighted by atomic mass is 9.95. The lowest BCUT2D eigenvalue weighted by Crippen LogP contribution is -2.39. The molecule has 39 heavy (non-hydrogen) atoms. The van der Waals surface area contributed by atoms with Gasteiger partial charge in [0.2, 0.25) is 6.79 Å². The van der Waals surface area contributed by atoms with Crippen LogP contribution in [0.15, 0.2) is 74.0 Å². The van der Waals surface area contributed by atoms with E-state index in [4.69, 9.17) is 41.8 Å². The van der Waals surface area contributed by atoms with Crippen molar-refractivity contribution in [2.24, 2.45) is 4.99 Å². The fraction of sp³-hybridized carbons (Fsp3) is 0.179. The molecule has 0 bridgehead atoms. The number of carbonyl (C=O) groups is 1. The maximum atomic E-state index is 13.8. The van der Waals surface area contributed by atoms with Crippen LogP contribution in [-0.4, -0.2) is 23.9 Å². The molecule has 2 aliphatic rings. The van der Waals surface area contributed by atoms with E-state index in [0.717, 1.165) is 5.56 Å². The first-order valence-corrected chi connectivity index (χ1v) is 13.6. The molecule has 1 unspecified atom stereocenters. The molecule has 2 aromatic heterocycles. The van der Waals surface area contributed by atoms with Crippen LogP contribution in [0.1, 0.15) is 31.2 Å². The van der Waals surface area contributed by atoms with Crippen LogP contribution in [0.25, 0.3) is 17.4 Å². The van der Waals surface area contributed by atoms with Crippen LogP contribution in [0.2, 0.25) is 10.0 Å². The molecule has 0 fully saturated rings. The van der Waals surface area contributed by atoms with E-state index in [9.17, 15) is 9.59 Å². The number of hydrogen-bond acceptors (Lipinski definition) is 8. The van der Waals surface area contributed by atoms with E-state index in [1.165, 1.54) is 15.9 Å². The molecule has 0 saturated carbocycles. The predicted molar refractivity (Wildman–Crippen MR) is 147 cm³/mol. The average molecular weight is 583 g/mol. The van der Waals surface area contributed by atoms with Crippen LogP contribution >= 0.6 is 34.5 Å². The standard InChI is InChI=1S/C28H20Cl2N2O6S/c1-3-35-27(34)24-14(2)31-28-32(25(24)16-5-8-21-22(11-16)37-13-36-21)26(33)23(39-28)12-17-6-9-20(38-17)15-4-7-18(29)19(30)10-15/h4-12,25H,3,13H2,1-2H3/b23-12-. The molecule has 6 rings (SSSR count). The van der Waals surface area contributed by atoms with Crippen molar-refractivity contribution in [3.63, 3.8) is 0 Å². The number of fused-ring (bicyclic) bond motifs is 2. The fourth-order valence-corrected chi connectivity index (χ4v) is 5.88. The molecule has 0 aliphatic carbocycles. The number of thiazole rings is 1. The monoisotopic (exact) mass is 582 g/mol. The molecule has 0 saturated heterocycles. The maximum Gasteiger partial charge on any atom is 0.338 e. The zero-order chi connectivity index (χ0) is 27.3. The third-order valence-electron chi connectivity index (χ3n) is 6.33. The quantitative estimate of drug-likeness (QED) is 0.304. The summed E-state index contributed by atoms with van der Waals surface area (Å²) in [6.07, 6.45) is 1.66. The summed E-state index contributed by atoms with van der Waals surface area (Å²) in [6, 6.07) is 13.3. The summed E-state index contributed by atoms with van der Waals surface area (Å²) in [5.41, 5.74) is 1.87. The summed E-state index contributed by atoms with van der Waals surface area (Å²) in [5, 5.41) is 0.861. The Kier molecular flexibility index (Phi) is 6.58. The highest BCUT2D eigenvalue weighted by Gasteiger charge is 2.34. The molecular weight excluding hydrogens is 563 g/mol. The Labute approximate surface area is 236 Å². The molecule has 4 heterocycles. The van der Waals surface area contributed by atoms with Crippen molar-refractivity contribution >= 4 is 46.6 Å². The molecule has 0 amide bonds. The number of hydrogen-bond donors (Lipinski definition) is 0. The second-order valence-corrected chi connectivity index (χ2v) is 10.6. The minimum Gasteiger partial charge on any atom is -0.463 e. The summed E-state index contributed by atoms with van der Waals surface area (Å²) in [4.78, 5) is 31.9. The second kappa shape index (κ2) is 10.1. The smallest absolute Gasteiger partial charge is 0.338 e. The van der Waals surface area contributed by atoms with Crippen LogP contribution in [0.4, 0.5) is 0 Å². The van der Waals surface area contributed by atoms with Gasteiger partial charge in [-0.25, -0.2) is 9.79 Å². The van der Waals surface area contributed by atoms with Crippen LogP contribution < -0.4 is 24.4 Å². The number of halogens is 2. The van der Waals surface area contributed by atoms with E-state index < -0.39 is 12.0 Å². The highest BCUT2D eigenvalue weighted by molar-refractivity contribution is 7.07. The van der Waals surface area contributed by atoms with Crippen molar-refractivity contribution in [2.45, 2.75) is 19.9 Å². The summed E-state index contributed by atoms with van der Waals surface area (Å²) < 4.78 is 24.2. The third-order valence-corrected chi connectivity index (χ3v) is 8.06. The van der Waals surface area contributed by atoms with E-state index in [1.54, 1.807) is 62.4 Å². The molecular formula is C28H20Cl2N2O6S. The Hall–Kier alpha value is -3.79. The molecule has 0 radical (unpaired) electrons. The second-order valence-electron chi connectivity index (χ2n) is 8.75. The summed E-state index contributed by atoms with van der Waals surface area (Å²) in [6.45, 7) is 3.76. The number of furan rings is 1. The van der Waals surface area contributed by atoms with Crippen molar-refractivity contribution in [2.75, 3.05) is 13.4 Å². The lowest BCUT2D eigenvalue weighted by molar-refractivity contribution is -0.139.